The Morgan fingerprint density at radius 1 is 1.55 bits per heavy atom. The monoisotopic (exact) mass is 179 g/mol. The topological polar surface area (TPSA) is 69.4 Å². The summed E-state index contributed by atoms with van der Waals surface area (Å²) >= 11 is 0. The molecule has 2 atom stereocenters. The molecule has 4 nitrogen and oxygen atoms in total. The second-order valence-corrected chi connectivity index (χ2v) is 5.16. The van der Waals surface area contributed by atoms with Gasteiger partial charge in [-0.05, 0) is 6.42 Å². The van der Waals surface area contributed by atoms with Gasteiger partial charge in [-0.15, -0.1) is 0 Å². The molecule has 0 radical (unpaired) electrons. The lowest BCUT2D eigenvalue weighted by atomic mass is 10.1. The highest BCUT2D eigenvalue weighted by atomic mass is 32.2. The molecule has 1 aliphatic heterocycles. The SMILES string of the molecule is CS(=O)(=O)C1COCCC1N. The molecule has 0 bridgehead atoms. The van der Waals surface area contributed by atoms with Crippen LogP contribution in [0, 0.1) is 0 Å². The van der Waals surface area contributed by atoms with Crippen molar-refractivity contribution in [1.82, 2.24) is 0 Å². The molecule has 1 fully saturated rings. The highest BCUT2D eigenvalue weighted by Crippen LogP contribution is 2.12. The molecule has 0 amide bonds. The van der Waals surface area contributed by atoms with Crippen LogP contribution < -0.4 is 5.73 Å². The van der Waals surface area contributed by atoms with Crippen molar-refractivity contribution in [2.75, 3.05) is 19.5 Å². The van der Waals surface area contributed by atoms with Crippen LogP contribution in [0.15, 0.2) is 0 Å². The van der Waals surface area contributed by atoms with Gasteiger partial charge in [-0.3, -0.25) is 0 Å². The molecule has 66 valence electrons. The van der Waals surface area contributed by atoms with Gasteiger partial charge in [0.2, 0.25) is 0 Å². The van der Waals surface area contributed by atoms with Crippen molar-refractivity contribution >= 4 is 9.84 Å². The van der Waals surface area contributed by atoms with Gasteiger partial charge in [0.15, 0.2) is 9.84 Å². The second-order valence-electron chi connectivity index (χ2n) is 2.90. The second kappa shape index (κ2) is 3.08. The highest BCUT2D eigenvalue weighted by Gasteiger charge is 2.30. The summed E-state index contributed by atoms with van der Waals surface area (Å²) in [5.74, 6) is 0. The summed E-state index contributed by atoms with van der Waals surface area (Å²) in [5, 5.41) is -0.503. The van der Waals surface area contributed by atoms with Crippen LogP contribution in [-0.4, -0.2) is 39.2 Å². The first-order valence-corrected chi connectivity index (χ1v) is 5.49. The minimum atomic E-state index is -3.03. The first-order chi connectivity index (χ1) is 5.02. The number of hydrogen-bond acceptors (Lipinski definition) is 4. The lowest BCUT2D eigenvalue weighted by molar-refractivity contribution is 0.0893. The minimum absolute atomic E-state index is 0.250. The summed E-state index contributed by atoms with van der Waals surface area (Å²) in [6.45, 7) is 0.827. The molecule has 0 spiro atoms. The fourth-order valence-corrected chi connectivity index (χ4v) is 2.28. The summed E-state index contributed by atoms with van der Waals surface area (Å²) in [6.07, 6.45) is 1.84. The third kappa shape index (κ3) is 2.15. The van der Waals surface area contributed by atoms with E-state index in [1.54, 1.807) is 0 Å². The van der Waals surface area contributed by atoms with Gasteiger partial charge in [0.1, 0.15) is 0 Å². The fraction of sp³-hybridized carbons (Fsp3) is 1.00. The third-order valence-corrected chi connectivity index (χ3v) is 3.49. The first kappa shape index (κ1) is 8.96. The average molecular weight is 179 g/mol. The van der Waals surface area contributed by atoms with Crippen molar-refractivity contribution in [3.63, 3.8) is 0 Å². The van der Waals surface area contributed by atoms with Crippen LogP contribution in [0.2, 0.25) is 0 Å². The van der Waals surface area contributed by atoms with Crippen LogP contribution in [0.25, 0.3) is 0 Å². The Labute approximate surface area is 66.6 Å². The normalized spacial score (nSPS) is 33.6. The summed E-state index contributed by atoms with van der Waals surface area (Å²) in [5.41, 5.74) is 5.61. The van der Waals surface area contributed by atoms with E-state index in [-0.39, 0.29) is 12.6 Å². The molecule has 1 aliphatic rings. The molecule has 2 unspecified atom stereocenters. The first-order valence-electron chi connectivity index (χ1n) is 3.54. The molecule has 1 rings (SSSR count). The third-order valence-electron chi connectivity index (χ3n) is 1.91. The lowest BCUT2D eigenvalue weighted by Crippen LogP contribution is -2.47. The summed E-state index contributed by atoms with van der Waals surface area (Å²) in [4.78, 5) is 0. The van der Waals surface area contributed by atoms with E-state index in [2.05, 4.69) is 0 Å². The maximum Gasteiger partial charge on any atom is 0.154 e. The van der Waals surface area contributed by atoms with Gasteiger partial charge in [0, 0.05) is 18.9 Å². The molecular formula is C6H13NO3S. The molecule has 11 heavy (non-hydrogen) atoms. The zero-order valence-electron chi connectivity index (χ0n) is 6.49. The van der Waals surface area contributed by atoms with Gasteiger partial charge in [0.05, 0.1) is 11.9 Å². The predicted octanol–water partition coefficient (Wildman–Crippen LogP) is -0.853. The van der Waals surface area contributed by atoms with Crippen LogP contribution in [0.5, 0.6) is 0 Å². The number of ether oxygens (including phenoxy) is 1. The van der Waals surface area contributed by atoms with E-state index in [1.807, 2.05) is 0 Å². The van der Waals surface area contributed by atoms with Crippen molar-refractivity contribution in [2.45, 2.75) is 17.7 Å². The molecular weight excluding hydrogens is 166 g/mol. The van der Waals surface area contributed by atoms with Crippen LogP contribution in [0.1, 0.15) is 6.42 Å². The number of nitrogens with two attached hydrogens (primary N) is 1. The van der Waals surface area contributed by atoms with Gasteiger partial charge in [-0.2, -0.15) is 0 Å². The van der Waals surface area contributed by atoms with Crippen molar-refractivity contribution in [3.05, 3.63) is 0 Å². The predicted molar refractivity (Wildman–Crippen MR) is 42.0 cm³/mol. The van der Waals surface area contributed by atoms with Gasteiger partial charge in [-0.25, -0.2) is 8.42 Å². The van der Waals surface area contributed by atoms with Crippen molar-refractivity contribution in [2.24, 2.45) is 5.73 Å². The largest absolute Gasteiger partial charge is 0.380 e. The Morgan fingerprint density at radius 3 is 2.55 bits per heavy atom. The molecule has 0 aromatic carbocycles. The van der Waals surface area contributed by atoms with Crippen LogP contribution >= 0.6 is 0 Å². The number of rotatable bonds is 1. The van der Waals surface area contributed by atoms with E-state index >= 15 is 0 Å². The molecule has 0 aromatic rings. The Kier molecular flexibility index (Phi) is 2.51. The number of hydrogen-bond donors (Lipinski definition) is 1. The zero-order chi connectivity index (χ0) is 8.48. The Balaban J connectivity index is 2.70. The van der Waals surface area contributed by atoms with Crippen molar-refractivity contribution in [3.8, 4) is 0 Å². The fourth-order valence-electron chi connectivity index (χ4n) is 1.17. The van der Waals surface area contributed by atoms with E-state index in [0.29, 0.717) is 13.0 Å². The van der Waals surface area contributed by atoms with E-state index in [0.717, 1.165) is 0 Å². The molecule has 1 saturated heterocycles. The van der Waals surface area contributed by atoms with E-state index in [4.69, 9.17) is 10.5 Å². The van der Waals surface area contributed by atoms with E-state index < -0.39 is 15.1 Å². The standard InChI is InChI=1S/C6H13NO3S/c1-11(8,9)6-4-10-3-2-5(6)7/h5-6H,2-4,7H2,1H3. The minimum Gasteiger partial charge on any atom is -0.380 e. The summed E-state index contributed by atoms with van der Waals surface area (Å²) in [7, 11) is -3.03. The maximum atomic E-state index is 11.0. The average Bonchev–Trinajstić information content (AvgIpc) is 1.86. The summed E-state index contributed by atoms with van der Waals surface area (Å²) < 4.78 is 27.1. The molecule has 0 saturated carbocycles. The Morgan fingerprint density at radius 2 is 2.18 bits per heavy atom. The molecule has 0 aliphatic carbocycles. The Hall–Kier alpha value is -0.130. The molecule has 5 heteroatoms. The smallest absolute Gasteiger partial charge is 0.154 e. The quantitative estimate of drug-likeness (QED) is 0.569. The highest BCUT2D eigenvalue weighted by molar-refractivity contribution is 7.91. The van der Waals surface area contributed by atoms with Crippen LogP contribution in [0.3, 0.4) is 0 Å². The molecule has 1 heterocycles. The molecule has 0 aromatic heterocycles. The summed E-state index contributed by atoms with van der Waals surface area (Å²) in [6, 6.07) is -0.251. The van der Waals surface area contributed by atoms with Gasteiger partial charge in [0.25, 0.3) is 0 Å². The van der Waals surface area contributed by atoms with Crippen molar-refractivity contribution < 1.29 is 13.2 Å². The van der Waals surface area contributed by atoms with E-state index in [9.17, 15) is 8.42 Å². The van der Waals surface area contributed by atoms with Gasteiger partial charge in [-0.1, -0.05) is 0 Å². The zero-order valence-corrected chi connectivity index (χ0v) is 7.30. The Bertz CT molecular complexity index is 224. The van der Waals surface area contributed by atoms with Gasteiger partial charge >= 0.3 is 0 Å². The number of sulfone groups is 1. The molecule has 2 N–H and O–H groups in total. The van der Waals surface area contributed by atoms with Gasteiger partial charge < -0.3 is 10.5 Å². The lowest BCUT2D eigenvalue weighted by Gasteiger charge is -2.26. The maximum absolute atomic E-state index is 11.0. The van der Waals surface area contributed by atoms with Crippen LogP contribution in [0.4, 0.5) is 0 Å². The van der Waals surface area contributed by atoms with E-state index in [1.165, 1.54) is 6.26 Å². The van der Waals surface area contributed by atoms with Crippen LogP contribution in [-0.2, 0) is 14.6 Å². The van der Waals surface area contributed by atoms with Crippen molar-refractivity contribution in [1.29, 1.82) is 0 Å².